The number of aromatic amines is 1. The van der Waals surface area contributed by atoms with Crippen molar-refractivity contribution >= 4 is 16.9 Å². The molecule has 32 heavy (non-hydrogen) atoms. The molecule has 4 aromatic rings. The van der Waals surface area contributed by atoms with Crippen LogP contribution < -0.4 is 0 Å². The molecule has 0 bridgehead atoms. The van der Waals surface area contributed by atoms with Crippen LogP contribution in [-0.4, -0.2) is 17.1 Å². The minimum Gasteiger partial charge on any atom is -0.458 e. The third-order valence-electron chi connectivity index (χ3n) is 5.96. The number of H-pyrrole nitrogens is 1. The fourth-order valence-corrected chi connectivity index (χ4v) is 4.41. The number of para-hydroxylation sites is 1. The summed E-state index contributed by atoms with van der Waals surface area (Å²) in [6.07, 6.45) is -2.67. The van der Waals surface area contributed by atoms with E-state index in [0.717, 1.165) is 33.8 Å². The number of fused-ring (bicyclic) bond motifs is 3. The van der Waals surface area contributed by atoms with E-state index in [1.807, 2.05) is 24.3 Å². The van der Waals surface area contributed by atoms with E-state index in [9.17, 15) is 18.0 Å². The van der Waals surface area contributed by atoms with Gasteiger partial charge in [-0.3, -0.25) is 0 Å². The molecule has 6 heteroatoms. The van der Waals surface area contributed by atoms with Crippen LogP contribution in [0.25, 0.3) is 22.0 Å². The summed E-state index contributed by atoms with van der Waals surface area (Å²) < 4.78 is 45.4. The predicted molar refractivity (Wildman–Crippen MR) is 116 cm³/mol. The average molecular weight is 435 g/mol. The molecule has 0 aliphatic heterocycles. The summed E-state index contributed by atoms with van der Waals surface area (Å²) in [7, 11) is 0. The van der Waals surface area contributed by atoms with Gasteiger partial charge in [-0.25, -0.2) is 4.79 Å². The molecule has 5 rings (SSSR count). The number of esters is 1. The lowest BCUT2D eigenvalue weighted by molar-refractivity contribution is -0.137. The van der Waals surface area contributed by atoms with Gasteiger partial charge in [0.2, 0.25) is 0 Å². The number of nitrogens with one attached hydrogen (secondary N) is 1. The third-order valence-corrected chi connectivity index (χ3v) is 5.96. The van der Waals surface area contributed by atoms with Crippen LogP contribution in [0.3, 0.4) is 0 Å². The van der Waals surface area contributed by atoms with Gasteiger partial charge < -0.3 is 9.72 Å². The first-order chi connectivity index (χ1) is 15.4. The maximum absolute atomic E-state index is 13.2. The quantitative estimate of drug-likeness (QED) is 0.370. The number of alkyl halides is 3. The topological polar surface area (TPSA) is 42.1 Å². The van der Waals surface area contributed by atoms with Crippen molar-refractivity contribution in [3.05, 3.63) is 95.2 Å². The molecule has 1 atom stereocenters. The van der Waals surface area contributed by atoms with Gasteiger partial charge in [0.25, 0.3) is 0 Å². The van der Waals surface area contributed by atoms with E-state index < -0.39 is 11.7 Å². The number of aromatic nitrogens is 1. The molecule has 0 fully saturated rings. The largest absolute Gasteiger partial charge is 0.458 e. The molecular weight excluding hydrogens is 415 g/mol. The van der Waals surface area contributed by atoms with E-state index >= 15 is 0 Å². The second-order valence-corrected chi connectivity index (χ2v) is 8.02. The second-order valence-electron chi connectivity index (χ2n) is 8.02. The molecule has 0 spiro atoms. The SMILES string of the molecule is O=C(OC1CCc2[nH]c3c(-c4cccc(C(F)(F)F)c4)cccc3c2C1)c1ccccc1. The zero-order valence-corrected chi connectivity index (χ0v) is 17.1. The Kier molecular flexibility index (Phi) is 5.00. The predicted octanol–water partition coefficient (Wildman–Crippen LogP) is 6.57. The zero-order chi connectivity index (χ0) is 22.3. The average Bonchev–Trinajstić information content (AvgIpc) is 3.17. The van der Waals surface area contributed by atoms with Crippen molar-refractivity contribution in [2.75, 3.05) is 0 Å². The van der Waals surface area contributed by atoms with Crippen LogP contribution in [0.15, 0.2) is 72.8 Å². The van der Waals surface area contributed by atoms with Gasteiger partial charge in [-0.1, -0.05) is 48.5 Å². The van der Waals surface area contributed by atoms with Crippen LogP contribution in [0, 0.1) is 0 Å². The Balaban J connectivity index is 1.46. The van der Waals surface area contributed by atoms with E-state index in [1.165, 1.54) is 12.1 Å². The van der Waals surface area contributed by atoms with E-state index in [0.29, 0.717) is 30.4 Å². The van der Waals surface area contributed by atoms with Gasteiger partial charge >= 0.3 is 12.1 Å². The van der Waals surface area contributed by atoms with Crippen LogP contribution in [0.1, 0.15) is 33.6 Å². The van der Waals surface area contributed by atoms with Crippen molar-refractivity contribution < 1.29 is 22.7 Å². The molecule has 1 aliphatic rings. The molecular formula is C26H20F3NO2. The first-order valence-electron chi connectivity index (χ1n) is 10.5. The van der Waals surface area contributed by atoms with Crippen molar-refractivity contribution in [1.82, 2.24) is 4.98 Å². The lowest BCUT2D eigenvalue weighted by Gasteiger charge is -2.22. The number of rotatable bonds is 3. The zero-order valence-electron chi connectivity index (χ0n) is 17.1. The molecule has 162 valence electrons. The first-order valence-corrected chi connectivity index (χ1v) is 10.5. The summed E-state index contributed by atoms with van der Waals surface area (Å²) in [6, 6.07) is 19.9. The second kappa shape index (κ2) is 7.86. The van der Waals surface area contributed by atoms with Crippen LogP contribution in [0.5, 0.6) is 0 Å². The van der Waals surface area contributed by atoms with Gasteiger partial charge in [0.15, 0.2) is 0 Å². The Morgan fingerprint density at radius 3 is 2.53 bits per heavy atom. The number of aryl methyl sites for hydroxylation is 1. The minimum atomic E-state index is -4.39. The Hall–Kier alpha value is -3.54. The van der Waals surface area contributed by atoms with E-state index in [2.05, 4.69) is 4.98 Å². The number of benzene rings is 3. The number of ether oxygens (including phenoxy) is 1. The highest BCUT2D eigenvalue weighted by Gasteiger charge is 2.31. The number of carbonyl (C=O) groups is 1. The van der Waals surface area contributed by atoms with Crippen molar-refractivity contribution in [1.29, 1.82) is 0 Å². The lowest BCUT2D eigenvalue weighted by atomic mass is 9.92. The Morgan fingerprint density at radius 1 is 0.969 bits per heavy atom. The molecule has 0 saturated heterocycles. The number of hydrogen-bond donors (Lipinski definition) is 1. The summed E-state index contributed by atoms with van der Waals surface area (Å²) in [5, 5.41) is 0.954. The monoisotopic (exact) mass is 435 g/mol. The summed E-state index contributed by atoms with van der Waals surface area (Å²) in [5.74, 6) is -0.344. The van der Waals surface area contributed by atoms with Crippen LogP contribution >= 0.6 is 0 Å². The van der Waals surface area contributed by atoms with Gasteiger partial charge in [-0.15, -0.1) is 0 Å². The molecule has 1 aliphatic carbocycles. The molecule has 1 N–H and O–H groups in total. The van der Waals surface area contributed by atoms with E-state index in [1.54, 1.807) is 30.3 Å². The summed E-state index contributed by atoms with van der Waals surface area (Å²) >= 11 is 0. The summed E-state index contributed by atoms with van der Waals surface area (Å²) in [4.78, 5) is 15.9. The summed E-state index contributed by atoms with van der Waals surface area (Å²) in [6.45, 7) is 0. The standard InChI is InChI=1S/C26H20F3NO2/c27-26(28,29)18-9-4-8-17(14-18)20-10-5-11-21-22-15-19(12-13-23(22)30-24(20)21)32-25(31)16-6-2-1-3-7-16/h1-11,14,19,30H,12-13,15H2. The molecule has 3 nitrogen and oxygen atoms in total. The van der Waals surface area contributed by atoms with Gasteiger partial charge in [0.1, 0.15) is 6.10 Å². The van der Waals surface area contributed by atoms with Crippen molar-refractivity contribution in [2.24, 2.45) is 0 Å². The fraction of sp³-hybridized carbons (Fsp3) is 0.192. The van der Waals surface area contributed by atoms with Crippen LogP contribution in [0.2, 0.25) is 0 Å². The lowest BCUT2D eigenvalue weighted by Crippen LogP contribution is -2.25. The van der Waals surface area contributed by atoms with E-state index in [-0.39, 0.29) is 12.1 Å². The third kappa shape index (κ3) is 3.77. The smallest absolute Gasteiger partial charge is 0.416 e. The Bertz CT molecular complexity index is 1290. The Morgan fingerprint density at radius 2 is 1.75 bits per heavy atom. The first kappa shape index (κ1) is 20.4. The summed E-state index contributed by atoms with van der Waals surface area (Å²) in [5.41, 5.74) is 4.00. The molecule has 0 saturated carbocycles. The van der Waals surface area contributed by atoms with Crippen molar-refractivity contribution in [3.8, 4) is 11.1 Å². The van der Waals surface area contributed by atoms with Crippen LogP contribution in [-0.2, 0) is 23.8 Å². The molecule has 0 radical (unpaired) electrons. The van der Waals surface area contributed by atoms with Gasteiger partial charge in [0.05, 0.1) is 16.6 Å². The maximum Gasteiger partial charge on any atom is 0.416 e. The maximum atomic E-state index is 13.2. The Labute approximate surface area is 182 Å². The molecule has 0 amide bonds. The number of hydrogen-bond acceptors (Lipinski definition) is 2. The van der Waals surface area contributed by atoms with Crippen LogP contribution in [0.4, 0.5) is 13.2 Å². The molecule has 1 unspecified atom stereocenters. The highest BCUT2D eigenvalue weighted by molar-refractivity contribution is 5.97. The minimum absolute atomic E-state index is 0.244. The normalized spacial score (nSPS) is 16.0. The molecule has 1 heterocycles. The molecule has 1 aromatic heterocycles. The van der Waals surface area contributed by atoms with Crippen molar-refractivity contribution in [3.63, 3.8) is 0 Å². The van der Waals surface area contributed by atoms with Gasteiger partial charge in [0, 0.05) is 23.1 Å². The number of halogens is 3. The van der Waals surface area contributed by atoms with Crippen molar-refractivity contribution in [2.45, 2.75) is 31.5 Å². The molecule has 3 aromatic carbocycles. The van der Waals surface area contributed by atoms with Gasteiger partial charge in [-0.05, 0) is 48.2 Å². The van der Waals surface area contributed by atoms with E-state index in [4.69, 9.17) is 4.74 Å². The van der Waals surface area contributed by atoms with Gasteiger partial charge in [-0.2, -0.15) is 13.2 Å². The number of carbonyl (C=O) groups excluding carboxylic acids is 1. The fourth-order valence-electron chi connectivity index (χ4n) is 4.41. The highest BCUT2D eigenvalue weighted by atomic mass is 19.4. The highest BCUT2D eigenvalue weighted by Crippen LogP contribution is 2.37.